The van der Waals surface area contributed by atoms with Crippen molar-refractivity contribution in [3.63, 3.8) is 0 Å². The summed E-state index contributed by atoms with van der Waals surface area (Å²) in [6.07, 6.45) is 2.64. The molecule has 0 spiro atoms. The minimum atomic E-state index is 0.519. The molecule has 0 unspecified atom stereocenters. The number of nitrogens with zero attached hydrogens (tertiary/aromatic N) is 1. The first-order chi connectivity index (χ1) is 10.3. The van der Waals surface area contributed by atoms with E-state index in [1.807, 2.05) is 0 Å². The van der Waals surface area contributed by atoms with Crippen LogP contribution in [0.4, 0.5) is 0 Å². The third kappa shape index (κ3) is 3.64. The molecule has 1 aliphatic rings. The third-order valence-electron chi connectivity index (χ3n) is 3.99. The molecule has 0 amide bonds. The highest BCUT2D eigenvalue weighted by Crippen LogP contribution is 2.31. The Kier molecular flexibility index (Phi) is 4.58. The van der Waals surface area contributed by atoms with Crippen molar-refractivity contribution in [2.75, 3.05) is 7.11 Å². The number of methoxy groups -OCH3 is 1. The van der Waals surface area contributed by atoms with Gasteiger partial charge in [-0.3, -0.25) is 4.90 Å². The van der Waals surface area contributed by atoms with E-state index in [9.17, 15) is 0 Å². The van der Waals surface area contributed by atoms with Gasteiger partial charge in [-0.25, -0.2) is 0 Å². The fourth-order valence-corrected chi connectivity index (χ4v) is 3.32. The van der Waals surface area contributed by atoms with Crippen molar-refractivity contribution in [3.8, 4) is 5.75 Å². The Morgan fingerprint density at radius 3 is 2.67 bits per heavy atom. The van der Waals surface area contributed by atoms with Gasteiger partial charge in [0.05, 0.1) is 7.11 Å². The van der Waals surface area contributed by atoms with Gasteiger partial charge in [-0.05, 0) is 46.9 Å². The van der Waals surface area contributed by atoms with Crippen LogP contribution >= 0.6 is 11.3 Å². The van der Waals surface area contributed by atoms with Crippen LogP contribution < -0.4 is 10.5 Å². The minimum absolute atomic E-state index is 0.519. The maximum Gasteiger partial charge on any atom is 0.123 e. The van der Waals surface area contributed by atoms with E-state index in [1.165, 1.54) is 24.0 Å². The number of thiophene rings is 1. The molecule has 112 valence electrons. The van der Waals surface area contributed by atoms with Crippen LogP contribution in [-0.2, 0) is 19.6 Å². The van der Waals surface area contributed by atoms with Crippen LogP contribution in [0.15, 0.2) is 35.0 Å². The van der Waals surface area contributed by atoms with Crippen molar-refractivity contribution < 1.29 is 4.74 Å². The molecule has 1 heterocycles. The van der Waals surface area contributed by atoms with Gasteiger partial charge in [0.1, 0.15) is 5.75 Å². The van der Waals surface area contributed by atoms with Gasteiger partial charge in [0.2, 0.25) is 0 Å². The second-order valence-electron chi connectivity index (χ2n) is 5.62. The minimum Gasteiger partial charge on any atom is -0.496 e. The highest BCUT2D eigenvalue weighted by Gasteiger charge is 2.29. The quantitative estimate of drug-likeness (QED) is 0.852. The molecule has 2 N–H and O–H groups in total. The zero-order valence-corrected chi connectivity index (χ0v) is 13.2. The molecule has 1 aromatic carbocycles. The molecule has 1 fully saturated rings. The SMILES string of the molecule is COc1cc(CN(Cc2ccsc2)C2CC2)ccc1CN. The van der Waals surface area contributed by atoms with Gasteiger partial charge >= 0.3 is 0 Å². The first kappa shape index (κ1) is 14.6. The van der Waals surface area contributed by atoms with Crippen molar-refractivity contribution in [1.29, 1.82) is 0 Å². The van der Waals surface area contributed by atoms with E-state index >= 15 is 0 Å². The summed E-state index contributed by atoms with van der Waals surface area (Å²) in [5.41, 5.74) is 9.52. The van der Waals surface area contributed by atoms with Crippen molar-refractivity contribution in [2.24, 2.45) is 5.73 Å². The van der Waals surface area contributed by atoms with Gasteiger partial charge in [0.25, 0.3) is 0 Å². The van der Waals surface area contributed by atoms with Gasteiger partial charge in [-0.15, -0.1) is 0 Å². The first-order valence-corrected chi connectivity index (χ1v) is 8.35. The lowest BCUT2D eigenvalue weighted by Gasteiger charge is -2.22. The Morgan fingerprint density at radius 2 is 2.05 bits per heavy atom. The van der Waals surface area contributed by atoms with E-state index in [2.05, 4.69) is 39.9 Å². The molecular weight excluding hydrogens is 280 g/mol. The maximum atomic E-state index is 5.74. The van der Waals surface area contributed by atoms with Crippen molar-refractivity contribution >= 4 is 11.3 Å². The fourth-order valence-electron chi connectivity index (χ4n) is 2.66. The third-order valence-corrected chi connectivity index (χ3v) is 4.72. The van der Waals surface area contributed by atoms with Crippen LogP contribution in [0.2, 0.25) is 0 Å². The van der Waals surface area contributed by atoms with E-state index in [4.69, 9.17) is 10.5 Å². The molecule has 3 rings (SSSR count). The summed E-state index contributed by atoms with van der Waals surface area (Å²) in [5.74, 6) is 0.904. The number of hydrogen-bond donors (Lipinski definition) is 1. The zero-order chi connectivity index (χ0) is 14.7. The molecule has 1 aliphatic carbocycles. The molecule has 0 radical (unpaired) electrons. The molecule has 0 aliphatic heterocycles. The topological polar surface area (TPSA) is 38.5 Å². The summed E-state index contributed by atoms with van der Waals surface area (Å²) in [7, 11) is 1.71. The molecule has 21 heavy (non-hydrogen) atoms. The van der Waals surface area contributed by atoms with Crippen LogP contribution in [0.25, 0.3) is 0 Å². The molecule has 0 bridgehead atoms. The zero-order valence-electron chi connectivity index (χ0n) is 12.4. The molecular formula is C17H22N2OS. The van der Waals surface area contributed by atoms with Crippen LogP contribution in [-0.4, -0.2) is 18.1 Å². The van der Waals surface area contributed by atoms with Crippen molar-refractivity contribution in [1.82, 2.24) is 4.90 Å². The first-order valence-electron chi connectivity index (χ1n) is 7.41. The molecule has 1 saturated carbocycles. The van der Waals surface area contributed by atoms with Crippen molar-refractivity contribution in [3.05, 3.63) is 51.7 Å². The van der Waals surface area contributed by atoms with E-state index in [1.54, 1.807) is 18.4 Å². The average molecular weight is 302 g/mol. The van der Waals surface area contributed by atoms with Gasteiger partial charge in [-0.2, -0.15) is 11.3 Å². The molecule has 3 nitrogen and oxygen atoms in total. The van der Waals surface area contributed by atoms with E-state index < -0.39 is 0 Å². The Balaban J connectivity index is 1.73. The Bertz CT molecular complexity index is 578. The maximum absolute atomic E-state index is 5.74. The van der Waals surface area contributed by atoms with Gasteiger partial charge in [0, 0.05) is 31.2 Å². The lowest BCUT2D eigenvalue weighted by atomic mass is 10.1. The Labute approximate surface area is 130 Å². The summed E-state index contributed by atoms with van der Waals surface area (Å²) >= 11 is 1.77. The monoisotopic (exact) mass is 302 g/mol. The van der Waals surface area contributed by atoms with Crippen molar-refractivity contribution in [2.45, 2.75) is 38.5 Å². The average Bonchev–Trinajstić information content (AvgIpc) is 3.24. The summed E-state index contributed by atoms with van der Waals surface area (Å²) < 4.78 is 5.44. The van der Waals surface area contributed by atoms with E-state index in [-0.39, 0.29) is 0 Å². The molecule has 4 heteroatoms. The standard InChI is InChI=1S/C17H22N2OS/c1-20-17-8-13(2-3-15(17)9-18)10-19(16-4-5-16)11-14-6-7-21-12-14/h2-3,6-8,12,16H,4-5,9-11,18H2,1H3. The summed E-state index contributed by atoms with van der Waals surface area (Å²) in [6, 6.07) is 9.35. The van der Waals surface area contributed by atoms with Crippen LogP contribution in [0.3, 0.4) is 0 Å². The fraction of sp³-hybridized carbons (Fsp3) is 0.412. The second kappa shape index (κ2) is 6.60. The highest BCUT2D eigenvalue weighted by atomic mass is 32.1. The van der Waals surface area contributed by atoms with Gasteiger partial charge in [-0.1, -0.05) is 12.1 Å². The molecule has 1 aromatic heterocycles. The highest BCUT2D eigenvalue weighted by molar-refractivity contribution is 7.07. The summed E-state index contributed by atoms with van der Waals surface area (Å²) in [6.45, 7) is 2.53. The molecule has 0 atom stereocenters. The smallest absolute Gasteiger partial charge is 0.123 e. The Hall–Kier alpha value is -1.36. The lowest BCUT2D eigenvalue weighted by molar-refractivity contribution is 0.245. The summed E-state index contributed by atoms with van der Waals surface area (Å²) in [4.78, 5) is 2.57. The van der Waals surface area contributed by atoms with Crippen LogP contribution in [0.5, 0.6) is 5.75 Å². The van der Waals surface area contributed by atoms with Gasteiger partial charge in [0.15, 0.2) is 0 Å². The summed E-state index contributed by atoms with van der Waals surface area (Å²) in [5, 5.41) is 4.40. The van der Waals surface area contributed by atoms with E-state index in [0.29, 0.717) is 6.54 Å². The number of hydrogen-bond acceptors (Lipinski definition) is 4. The van der Waals surface area contributed by atoms with Gasteiger partial charge < -0.3 is 10.5 Å². The molecule has 0 saturated heterocycles. The molecule has 2 aromatic rings. The van der Waals surface area contributed by atoms with Crippen LogP contribution in [0.1, 0.15) is 29.5 Å². The predicted octanol–water partition coefficient (Wildman–Crippen LogP) is 3.38. The normalized spacial score (nSPS) is 14.6. The lowest BCUT2D eigenvalue weighted by Crippen LogP contribution is -2.24. The number of benzene rings is 1. The number of nitrogens with two attached hydrogens (primary N) is 1. The largest absolute Gasteiger partial charge is 0.496 e. The van der Waals surface area contributed by atoms with E-state index in [0.717, 1.165) is 30.4 Å². The number of ether oxygens (including phenoxy) is 1. The predicted molar refractivity (Wildman–Crippen MR) is 87.5 cm³/mol. The number of rotatable bonds is 7. The van der Waals surface area contributed by atoms with Crippen LogP contribution in [0, 0.1) is 0 Å². The second-order valence-corrected chi connectivity index (χ2v) is 6.40. The Morgan fingerprint density at radius 1 is 1.24 bits per heavy atom.